The van der Waals surface area contributed by atoms with Crippen molar-refractivity contribution >= 4 is 17.5 Å². The van der Waals surface area contributed by atoms with Gasteiger partial charge in [-0.3, -0.25) is 14.5 Å². The maximum Gasteiger partial charge on any atom is 0.234 e. The molecule has 5 nitrogen and oxygen atoms in total. The Morgan fingerprint density at radius 3 is 2.33 bits per heavy atom. The first kappa shape index (κ1) is 20.6. The van der Waals surface area contributed by atoms with Crippen molar-refractivity contribution in [2.24, 2.45) is 5.92 Å². The van der Waals surface area contributed by atoms with Crippen LogP contribution in [0.2, 0.25) is 0 Å². The van der Waals surface area contributed by atoms with Crippen molar-refractivity contribution in [2.75, 3.05) is 31.5 Å². The van der Waals surface area contributed by atoms with Gasteiger partial charge in [-0.2, -0.15) is 0 Å². The minimum absolute atomic E-state index is 0.0452. The van der Waals surface area contributed by atoms with Crippen molar-refractivity contribution in [3.8, 4) is 0 Å². The first-order chi connectivity index (χ1) is 14.6. The van der Waals surface area contributed by atoms with Gasteiger partial charge in [0, 0.05) is 24.2 Å². The van der Waals surface area contributed by atoms with Crippen molar-refractivity contribution in [3.05, 3.63) is 66.2 Å². The minimum atomic E-state index is -0.0750. The first-order valence-electron chi connectivity index (χ1n) is 11.1. The average molecular weight is 406 g/mol. The Kier molecular flexibility index (Phi) is 6.48. The molecule has 2 N–H and O–H groups in total. The van der Waals surface area contributed by atoms with Gasteiger partial charge in [-0.15, -0.1) is 0 Å². The monoisotopic (exact) mass is 405 g/mol. The number of nitrogens with zero attached hydrogens (tertiary/aromatic N) is 1. The number of nitrogens with one attached hydrogen (secondary N) is 2. The first-order valence-corrected chi connectivity index (χ1v) is 11.1. The van der Waals surface area contributed by atoms with E-state index in [1.165, 1.54) is 12.0 Å². The van der Waals surface area contributed by atoms with E-state index in [1.54, 1.807) is 0 Å². The highest BCUT2D eigenvalue weighted by atomic mass is 16.2. The summed E-state index contributed by atoms with van der Waals surface area (Å²) in [7, 11) is 0. The van der Waals surface area contributed by atoms with Crippen molar-refractivity contribution in [1.82, 2.24) is 10.2 Å². The largest absolute Gasteiger partial charge is 0.354 e. The van der Waals surface area contributed by atoms with Crippen LogP contribution < -0.4 is 10.6 Å². The third-order valence-corrected chi connectivity index (χ3v) is 6.61. The lowest BCUT2D eigenvalue weighted by Crippen LogP contribution is -2.49. The summed E-state index contributed by atoms with van der Waals surface area (Å²) in [6.07, 6.45) is 5.28. The molecule has 1 aliphatic carbocycles. The molecule has 2 amide bonds. The summed E-state index contributed by atoms with van der Waals surface area (Å²) in [6, 6.07) is 20.1. The van der Waals surface area contributed by atoms with E-state index in [2.05, 4.69) is 39.8 Å². The highest BCUT2D eigenvalue weighted by Gasteiger charge is 2.38. The molecule has 0 aromatic heterocycles. The van der Waals surface area contributed by atoms with Crippen LogP contribution in [0.3, 0.4) is 0 Å². The molecule has 2 fully saturated rings. The van der Waals surface area contributed by atoms with Gasteiger partial charge in [0.1, 0.15) is 0 Å². The van der Waals surface area contributed by atoms with Crippen molar-refractivity contribution in [2.45, 2.75) is 37.5 Å². The smallest absolute Gasteiger partial charge is 0.234 e. The van der Waals surface area contributed by atoms with Crippen LogP contribution in [-0.4, -0.2) is 42.9 Å². The normalized spacial score (nSPS) is 20.7. The molecule has 1 saturated heterocycles. The second-order valence-corrected chi connectivity index (χ2v) is 8.71. The zero-order valence-electron chi connectivity index (χ0n) is 17.5. The van der Waals surface area contributed by atoms with Gasteiger partial charge >= 0.3 is 0 Å². The Bertz CT molecular complexity index is 849. The van der Waals surface area contributed by atoms with Crippen LogP contribution in [0.5, 0.6) is 0 Å². The van der Waals surface area contributed by atoms with Crippen LogP contribution in [0.25, 0.3) is 0 Å². The number of carbonyl (C=O) groups excluding carboxylic acids is 2. The molecule has 0 spiro atoms. The third kappa shape index (κ3) is 4.90. The Morgan fingerprint density at radius 1 is 0.967 bits per heavy atom. The van der Waals surface area contributed by atoms with Crippen LogP contribution in [0, 0.1) is 5.92 Å². The van der Waals surface area contributed by atoms with Gasteiger partial charge in [-0.25, -0.2) is 0 Å². The Balaban J connectivity index is 1.26. The predicted octanol–water partition coefficient (Wildman–Crippen LogP) is 3.58. The predicted molar refractivity (Wildman–Crippen MR) is 119 cm³/mol. The Hall–Kier alpha value is -2.66. The number of amides is 2. The van der Waals surface area contributed by atoms with Gasteiger partial charge in [0.2, 0.25) is 11.8 Å². The summed E-state index contributed by atoms with van der Waals surface area (Å²) in [5, 5.41) is 6.17. The zero-order valence-corrected chi connectivity index (χ0v) is 17.5. The van der Waals surface area contributed by atoms with Crippen LogP contribution >= 0.6 is 0 Å². The van der Waals surface area contributed by atoms with Gasteiger partial charge in [0.25, 0.3) is 0 Å². The highest BCUT2D eigenvalue weighted by Crippen LogP contribution is 2.43. The van der Waals surface area contributed by atoms with Gasteiger partial charge < -0.3 is 10.6 Å². The number of hydrogen-bond acceptors (Lipinski definition) is 3. The molecular formula is C25H31N3O2. The molecule has 5 heteroatoms. The number of carbonyl (C=O) groups is 2. The quantitative estimate of drug-likeness (QED) is 0.740. The Labute approximate surface area is 178 Å². The topological polar surface area (TPSA) is 61.4 Å². The van der Waals surface area contributed by atoms with E-state index in [4.69, 9.17) is 0 Å². The molecule has 1 atom stereocenters. The summed E-state index contributed by atoms with van der Waals surface area (Å²) >= 11 is 0. The van der Waals surface area contributed by atoms with Gasteiger partial charge in [-0.1, -0.05) is 55.0 Å². The Morgan fingerprint density at radius 2 is 1.67 bits per heavy atom. The molecule has 2 aliphatic rings. The molecule has 2 aromatic carbocycles. The molecule has 1 aliphatic heterocycles. The highest BCUT2D eigenvalue weighted by molar-refractivity contribution is 5.92. The molecule has 4 rings (SSSR count). The van der Waals surface area contributed by atoms with E-state index in [9.17, 15) is 9.59 Å². The summed E-state index contributed by atoms with van der Waals surface area (Å²) < 4.78 is 0. The molecule has 1 heterocycles. The molecule has 1 saturated carbocycles. The average Bonchev–Trinajstić information content (AvgIpc) is 2.75. The molecule has 30 heavy (non-hydrogen) atoms. The number of rotatable bonds is 7. The number of para-hydroxylation sites is 1. The summed E-state index contributed by atoms with van der Waals surface area (Å²) in [6.45, 7) is 2.56. The zero-order chi connectivity index (χ0) is 20.8. The lowest BCUT2D eigenvalue weighted by atomic mass is 9.64. The van der Waals surface area contributed by atoms with Crippen LogP contribution in [-0.2, 0) is 15.0 Å². The van der Waals surface area contributed by atoms with Crippen LogP contribution in [0.1, 0.15) is 37.7 Å². The molecule has 0 unspecified atom stereocenters. The van der Waals surface area contributed by atoms with E-state index < -0.39 is 0 Å². The van der Waals surface area contributed by atoms with Gasteiger partial charge in [0.05, 0.1) is 12.5 Å². The lowest BCUT2D eigenvalue weighted by Gasteiger charge is -2.42. The molecule has 2 aromatic rings. The van der Waals surface area contributed by atoms with E-state index in [0.717, 1.165) is 37.9 Å². The number of anilines is 1. The second kappa shape index (κ2) is 9.43. The maximum absolute atomic E-state index is 12.6. The molecular weight excluding hydrogens is 374 g/mol. The fraction of sp³-hybridized carbons (Fsp3) is 0.440. The fourth-order valence-corrected chi connectivity index (χ4v) is 4.67. The summed E-state index contributed by atoms with van der Waals surface area (Å²) in [5.74, 6) is 0.0270. The third-order valence-electron chi connectivity index (χ3n) is 6.61. The summed E-state index contributed by atoms with van der Waals surface area (Å²) in [4.78, 5) is 27.4. The standard InChI is InChI=1S/C25H31N3O2/c29-23(26-19-25(14-8-15-25)21-10-3-1-4-11-21)18-28-16-7-9-20(17-28)24(30)27-22-12-5-2-6-13-22/h1-6,10-13,20H,7-9,14-19H2,(H,26,29)(H,27,30)/t20-/m0/s1. The molecule has 158 valence electrons. The SMILES string of the molecule is O=C(CN1CCC[C@H](C(=O)Nc2ccccc2)C1)NCC1(c2ccccc2)CCC1. The van der Waals surface area contributed by atoms with Crippen LogP contribution in [0.15, 0.2) is 60.7 Å². The van der Waals surface area contributed by atoms with E-state index in [0.29, 0.717) is 19.6 Å². The number of benzene rings is 2. The van der Waals surface area contributed by atoms with E-state index in [-0.39, 0.29) is 23.1 Å². The van der Waals surface area contributed by atoms with Gasteiger partial charge in [0.15, 0.2) is 0 Å². The number of hydrogen-bond donors (Lipinski definition) is 2. The molecule has 0 bridgehead atoms. The van der Waals surface area contributed by atoms with E-state index in [1.807, 2.05) is 36.4 Å². The van der Waals surface area contributed by atoms with Crippen molar-refractivity contribution in [3.63, 3.8) is 0 Å². The van der Waals surface area contributed by atoms with Crippen molar-refractivity contribution < 1.29 is 9.59 Å². The van der Waals surface area contributed by atoms with Gasteiger partial charge in [-0.05, 0) is 49.9 Å². The van der Waals surface area contributed by atoms with E-state index >= 15 is 0 Å². The fourth-order valence-electron chi connectivity index (χ4n) is 4.67. The molecule has 0 radical (unpaired) electrons. The maximum atomic E-state index is 12.6. The van der Waals surface area contributed by atoms with Crippen molar-refractivity contribution in [1.29, 1.82) is 0 Å². The van der Waals surface area contributed by atoms with Crippen LogP contribution in [0.4, 0.5) is 5.69 Å². The summed E-state index contributed by atoms with van der Waals surface area (Å²) in [5.41, 5.74) is 2.24. The minimum Gasteiger partial charge on any atom is -0.354 e. The lowest BCUT2D eigenvalue weighted by molar-refractivity contribution is -0.126. The number of likely N-dealkylation sites (tertiary alicyclic amines) is 1. The number of piperidine rings is 1. The second-order valence-electron chi connectivity index (χ2n) is 8.71.